The molecule has 0 radical (unpaired) electrons. The smallest absolute Gasteiger partial charge is 0.417 e. The van der Waals surface area contributed by atoms with Gasteiger partial charge in [0.1, 0.15) is 12.6 Å². The number of imide groups is 1. The first kappa shape index (κ1) is 20.6. The molecule has 0 aliphatic carbocycles. The minimum Gasteiger partial charge on any atom is -0.446 e. The molecule has 2 aliphatic rings. The predicted octanol–water partition coefficient (Wildman–Crippen LogP) is 4.50. The van der Waals surface area contributed by atoms with Crippen LogP contribution in [0.3, 0.4) is 0 Å². The van der Waals surface area contributed by atoms with Crippen molar-refractivity contribution in [2.75, 3.05) is 19.7 Å². The fourth-order valence-electron chi connectivity index (χ4n) is 4.82. The number of cyclic esters (lactones) is 1. The van der Waals surface area contributed by atoms with Crippen LogP contribution in [0.2, 0.25) is 0 Å². The van der Waals surface area contributed by atoms with Gasteiger partial charge in [0.25, 0.3) is 0 Å². The maximum atomic E-state index is 13.6. The number of ether oxygens (including phenoxy) is 1. The van der Waals surface area contributed by atoms with Crippen molar-refractivity contribution >= 4 is 12.0 Å². The largest absolute Gasteiger partial charge is 0.446 e. The van der Waals surface area contributed by atoms with E-state index in [0.717, 1.165) is 25.1 Å². The Morgan fingerprint density at radius 2 is 1.70 bits per heavy atom. The van der Waals surface area contributed by atoms with Crippen molar-refractivity contribution in [2.45, 2.75) is 32.9 Å². The van der Waals surface area contributed by atoms with E-state index in [0.29, 0.717) is 12.5 Å². The summed E-state index contributed by atoms with van der Waals surface area (Å²) in [4.78, 5) is 29.9. The van der Waals surface area contributed by atoms with Crippen LogP contribution < -0.4 is 0 Å². The molecule has 2 aromatic carbocycles. The van der Waals surface area contributed by atoms with Crippen LogP contribution in [-0.2, 0) is 16.1 Å². The normalized spacial score (nSPS) is 24.4. The Morgan fingerprint density at radius 3 is 2.37 bits per heavy atom. The number of benzene rings is 2. The SMILES string of the molecule is CC(C)C[C@H]1CN(Cc2ccccc2)C[C@@H]1C(=O)N1C(=O)OCC1c1ccccc1. The number of carbonyl (C=O) groups is 2. The van der Waals surface area contributed by atoms with Crippen LogP contribution in [0, 0.1) is 17.8 Å². The van der Waals surface area contributed by atoms with Crippen LogP contribution in [0.5, 0.6) is 0 Å². The van der Waals surface area contributed by atoms with Crippen molar-refractivity contribution < 1.29 is 14.3 Å². The molecular weight excluding hydrogens is 376 g/mol. The van der Waals surface area contributed by atoms with Crippen LogP contribution in [-0.4, -0.2) is 41.5 Å². The number of likely N-dealkylation sites (tertiary alicyclic amines) is 1. The molecule has 2 heterocycles. The Labute approximate surface area is 178 Å². The fourth-order valence-corrected chi connectivity index (χ4v) is 4.82. The summed E-state index contributed by atoms with van der Waals surface area (Å²) in [5.41, 5.74) is 2.19. The second-order valence-electron chi connectivity index (χ2n) is 8.89. The predicted molar refractivity (Wildman–Crippen MR) is 116 cm³/mol. The van der Waals surface area contributed by atoms with Gasteiger partial charge in [-0.3, -0.25) is 9.69 Å². The van der Waals surface area contributed by atoms with Gasteiger partial charge in [-0.2, -0.15) is 0 Å². The van der Waals surface area contributed by atoms with Gasteiger partial charge >= 0.3 is 6.09 Å². The van der Waals surface area contributed by atoms with Crippen LogP contribution in [0.25, 0.3) is 0 Å². The van der Waals surface area contributed by atoms with E-state index in [1.807, 2.05) is 48.5 Å². The highest BCUT2D eigenvalue weighted by Crippen LogP contribution is 2.36. The molecule has 0 N–H and O–H groups in total. The van der Waals surface area contributed by atoms with E-state index < -0.39 is 6.09 Å². The molecule has 2 aromatic rings. The van der Waals surface area contributed by atoms with Crippen molar-refractivity contribution in [1.82, 2.24) is 9.80 Å². The van der Waals surface area contributed by atoms with Crippen LogP contribution in [0.15, 0.2) is 60.7 Å². The second-order valence-corrected chi connectivity index (χ2v) is 8.89. The van der Waals surface area contributed by atoms with E-state index >= 15 is 0 Å². The van der Waals surface area contributed by atoms with Crippen molar-refractivity contribution in [3.05, 3.63) is 71.8 Å². The number of nitrogens with zero attached hydrogens (tertiary/aromatic N) is 2. The highest BCUT2D eigenvalue weighted by atomic mass is 16.6. The van der Waals surface area contributed by atoms with Crippen molar-refractivity contribution in [3.8, 4) is 0 Å². The fraction of sp³-hybridized carbons (Fsp3) is 0.440. The van der Waals surface area contributed by atoms with E-state index in [1.54, 1.807) is 0 Å². The lowest BCUT2D eigenvalue weighted by Gasteiger charge is -2.26. The average molecular weight is 407 g/mol. The Morgan fingerprint density at radius 1 is 1.03 bits per heavy atom. The minimum absolute atomic E-state index is 0.0902. The summed E-state index contributed by atoms with van der Waals surface area (Å²) in [6.07, 6.45) is 0.458. The quantitative estimate of drug-likeness (QED) is 0.709. The summed E-state index contributed by atoms with van der Waals surface area (Å²) in [6, 6.07) is 19.7. The number of hydrogen-bond donors (Lipinski definition) is 0. The third-order valence-electron chi connectivity index (χ3n) is 6.15. The molecule has 3 atom stereocenters. The molecule has 0 saturated carbocycles. The maximum absolute atomic E-state index is 13.6. The average Bonchev–Trinajstić information content (AvgIpc) is 3.31. The molecule has 30 heavy (non-hydrogen) atoms. The van der Waals surface area contributed by atoms with E-state index in [1.165, 1.54) is 10.5 Å². The van der Waals surface area contributed by atoms with Gasteiger partial charge in [-0.25, -0.2) is 9.69 Å². The molecule has 158 valence electrons. The van der Waals surface area contributed by atoms with Gasteiger partial charge in [-0.1, -0.05) is 74.5 Å². The van der Waals surface area contributed by atoms with Crippen LogP contribution in [0.1, 0.15) is 37.4 Å². The van der Waals surface area contributed by atoms with Crippen molar-refractivity contribution in [2.24, 2.45) is 17.8 Å². The molecule has 0 aromatic heterocycles. The summed E-state index contributed by atoms with van der Waals surface area (Å²) >= 11 is 0. The van der Waals surface area contributed by atoms with Crippen LogP contribution in [0.4, 0.5) is 4.79 Å². The number of hydrogen-bond acceptors (Lipinski definition) is 4. The van der Waals surface area contributed by atoms with Gasteiger partial charge in [0.2, 0.25) is 5.91 Å². The van der Waals surface area contributed by atoms with Crippen molar-refractivity contribution in [1.29, 1.82) is 0 Å². The third kappa shape index (κ3) is 4.41. The van der Waals surface area contributed by atoms with Crippen molar-refractivity contribution in [3.63, 3.8) is 0 Å². The zero-order valence-corrected chi connectivity index (χ0v) is 17.7. The van der Waals surface area contributed by atoms with Crippen LogP contribution >= 0.6 is 0 Å². The van der Waals surface area contributed by atoms with E-state index in [4.69, 9.17) is 4.74 Å². The van der Waals surface area contributed by atoms with Gasteiger partial charge in [0.05, 0.1) is 5.92 Å². The molecule has 2 fully saturated rings. The Balaban J connectivity index is 1.54. The first-order valence-corrected chi connectivity index (χ1v) is 10.8. The zero-order chi connectivity index (χ0) is 21.1. The molecule has 5 nitrogen and oxygen atoms in total. The highest BCUT2D eigenvalue weighted by Gasteiger charge is 2.46. The second kappa shape index (κ2) is 9.00. The molecule has 2 amide bonds. The summed E-state index contributed by atoms with van der Waals surface area (Å²) in [7, 11) is 0. The first-order chi connectivity index (χ1) is 14.5. The molecule has 5 heteroatoms. The lowest BCUT2D eigenvalue weighted by atomic mass is 9.87. The summed E-state index contributed by atoms with van der Waals surface area (Å²) in [5.74, 6) is 0.462. The topological polar surface area (TPSA) is 49.9 Å². The van der Waals surface area contributed by atoms with E-state index in [2.05, 4.69) is 30.9 Å². The maximum Gasteiger partial charge on any atom is 0.417 e. The lowest BCUT2D eigenvalue weighted by molar-refractivity contribution is -0.134. The number of rotatable bonds is 6. The standard InChI is InChI=1S/C25H30N2O3/c1-18(2)13-21-15-26(14-19-9-5-3-6-10-19)16-22(21)24(28)27-23(17-30-25(27)29)20-11-7-4-8-12-20/h3-12,18,21-23H,13-17H2,1-2H3/t21-,22-,23?/m0/s1. The third-order valence-corrected chi connectivity index (χ3v) is 6.15. The highest BCUT2D eigenvalue weighted by molar-refractivity contribution is 5.95. The molecule has 0 bridgehead atoms. The molecule has 0 spiro atoms. The minimum atomic E-state index is -0.515. The molecule has 2 saturated heterocycles. The van der Waals surface area contributed by atoms with Gasteiger partial charge in [-0.15, -0.1) is 0 Å². The Kier molecular flexibility index (Phi) is 6.18. The Hall–Kier alpha value is -2.66. The number of carbonyl (C=O) groups excluding carboxylic acids is 2. The summed E-state index contributed by atoms with van der Waals surface area (Å²) in [5, 5.41) is 0. The molecule has 1 unspecified atom stereocenters. The monoisotopic (exact) mass is 406 g/mol. The molecule has 4 rings (SSSR count). The number of amides is 2. The van der Waals surface area contributed by atoms with E-state index in [-0.39, 0.29) is 30.4 Å². The van der Waals surface area contributed by atoms with Gasteiger partial charge in [0.15, 0.2) is 0 Å². The van der Waals surface area contributed by atoms with E-state index in [9.17, 15) is 9.59 Å². The van der Waals surface area contributed by atoms with Gasteiger partial charge in [-0.05, 0) is 29.4 Å². The Bertz CT molecular complexity index is 868. The summed E-state index contributed by atoms with van der Waals surface area (Å²) in [6.45, 7) is 6.99. The molecule has 2 aliphatic heterocycles. The zero-order valence-electron chi connectivity index (χ0n) is 17.7. The first-order valence-electron chi connectivity index (χ1n) is 10.8. The summed E-state index contributed by atoms with van der Waals surface area (Å²) < 4.78 is 5.30. The molecular formula is C25H30N2O3. The van der Waals surface area contributed by atoms with Gasteiger partial charge in [0, 0.05) is 19.6 Å². The van der Waals surface area contributed by atoms with Gasteiger partial charge < -0.3 is 4.74 Å². The lowest BCUT2D eigenvalue weighted by Crippen LogP contribution is -2.41.